The topological polar surface area (TPSA) is 70.1 Å². The van der Waals surface area contributed by atoms with Gasteiger partial charge in [-0.15, -0.1) is 35.3 Å². The summed E-state index contributed by atoms with van der Waals surface area (Å²) >= 11 is 1.78. The zero-order valence-electron chi connectivity index (χ0n) is 16.8. The van der Waals surface area contributed by atoms with Gasteiger partial charge in [0, 0.05) is 50.6 Å². The fourth-order valence-corrected chi connectivity index (χ4v) is 3.93. The van der Waals surface area contributed by atoms with Crippen molar-refractivity contribution >= 4 is 47.4 Å². The van der Waals surface area contributed by atoms with E-state index in [2.05, 4.69) is 36.0 Å². The van der Waals surface area contributed by atoms with Crippen molar-refractivity contribution in [2.45, 2.75) is 40.5 Å². The number of amides is 1. The maximum Gasteiger partial charge on any atom is 0.409 e. The standard InChI is InChI=1S/C18H31N5O2S.HI/c1-5-15-14(4)26-16(21-15)8-9-20-17(19-6-2)22-10-12-23(13-11-22)18(24)25-7-3;/h5-13H2,1-4H3,(H,19,20);1H. The highest BCUT2D eigenvalue weighted by atomic mass is 127. The highest BCUT2D eigenvalue weighted by Crippen LogP contribution is 2.18. The summed E-state index contributed by atoms with van der Waals surface area (Å²) in [6.07, 6.45) is 1.63. The summed E-state index contributed by atoms with van der Waals surface area (Å²) in [7, 11) is 0. The maximum absolute atomic E-state index is 11.8. The van der Waals surface area contributed by atoms with Crippen LogP contribution in [0.3, 0.4) is 0 Å². The van der Waals surface area contributed by atoms with Gasteiger partial charge in [-0.1, -0.05) is 6.92 Å². The number of halogens is 1. The van der Waals surface area contributed by atoms with Gasteiger partial charge in [0.1, 0.15) is 0 Å². The predicted octanol–water partition coefficient (Wildman–Crippen LogP) is 2.91. The Labute approximate surface area is 183 Å². The first-order chi connectivity index (χ1) is 12.6. The Hall–Kier alpha value is -1.10. The summed E-state index contributed by atoms with van der Waals surface area (Å²) < 4.78 is 5.08. The molecule has 0 bridgehead atoms. The quantitative estimate of drug-likeness (QED) is 0.363. The Balaban J connectivity index is 0.00000364. The van der Waals surface area contributed by atoms with Gasteiger partial charge in [-0.05, 0) is 27.2 Å². The number of piperazine rings is 1. The molecule has 1 aliphatic heterocycles. The van der Waals surface area contributed by atoms with Gasteiger partial charge in [-0.3, -0.25) is 4.99 Å². The summed E-state index contributed by atoms with van der Waals surface area (Å²) in [6.45, 7) is 13.0. The van der Waals surface area contributed by atoms with E-state index in [1.54, 1.807) is 16.2 Å². The first-order valence-corrected chi connectivity index (χ1v) is 10.3. The number of aryl methyl sites for hydroxylation is 2. The van der Waals surface area contributed by atoms with Crippen LogP contribution in [-0.2, 0) is 17.6 Å². The monoisotopic (exact) mass is 509 g/mol. The summed E-state index contributed by atoms with van der Waals surface area (Å²) in [5.74, 6) is 0.917. The normalized spacial score (nSPS) is 14.7. The number of aromatic nitrogens is 1. The maximum atomic E-state index is 11.8. The van der Waals surface area contributed by atoms with Crippen LogP contribution in [0.1, 0.15) is 36.3 Å². The Kier molecular flexibility index (Phi) is 11.0. The minimum atomic E-state index is -0.222. The second-order valence-corrected chi connectivity index (χ2v) is 7.41. The van der Waals surface area contributed by atoms with Gasteiger partial charge < -0.3 is 19.9 Å². The van der Waals surface area contributed by atoms with Crippen LogP contribution in [0.4, 0.5) is 4.79 Å². The number of nitrogens with zero attached hydrogens (tertiary/aromatic N) is 4. The Morgan fingerprint density at radius 2 is 1.89 bits per heavy atom. The molecule has 7 nitrogen and oxygen atoms in total. The lowest BCUT2D eigenvalue weighted by Crippen LogP contribution is -2.54. The number of carbonyl (C=O) groups excluding carboxylic acids is 1. The molecule has 1 aromatic rings. The average Bonchev–Trinajstić information content (AvgIpc) is 3.01. The molecule has 1 saturated heterocycles. The molecule has 27 heavy (non-hydrogen) atoms. The number of rotatable bonds is 6. The SMILES string of the molecule is CCNC(=NCCc1nc(CC)c(C)s1)N1CCN(C(=O)OCC)CC1.I. The third kappa shape index (κ3) is 7.10. The lowest BCUT2D eigenvalue weighted by Gasteiger charge is -2.35. The molecular formula is C18H32IN5O2S. The Bertz CT molecular complexity index is 615. The fourth-order valence-electron chi connectivity index (χ4n) is 2.92. The van der Waals surface area contributed by atoms with Gasteiger partial charge in [0.15, 0.2) is 5.96 Å². The highest BCUT2D eigenvalue weighted by Gasteiger charge is 2.23. The lowest BCUT2D eigenvalue weighted by atomic mass is 10.3. The summed E-state index contributed by atoms with van der Waals surface area (Å²) in [4.78, 5) is 26.6. The van der Waals surface area contributed by atoms with E-state index in [4.69, 9.17) is 9.73 Å². The van der Waals surface area contributed by atoms with Crippen LogP contribution in [0.25, 0.3) is 0 Å². The first-order valence-electron chi connectivity index (χ1n) is 9.49. The van der Waals surface area contributed by atoms with Crippen molar-refractivity contribution in [3.8, 4) is 0 Å². The number of ether oxygens (including phenoxy) is 1. The molecule has 2 rings (SSSR count). The van der Waals surface area contributed by atoms with Gasteiger partial charge in [0.05, 0.1) is 17.3 Å². The molecule has 0 aromatic carbocycles. The molecular weight excluding hydrogens is 477 g/mol. The molecule has 2 heterocycles. The number of hydrogen-bond donors (Lipinski definition) is 1. The van der Waals surface area contributed by atoms with Crippen LogP contribution in [0.2, 0.25) is 0 Å². The first kappa shape index (κ1) is 23.9. The molecule has 1 N–H and O–H groups in total. The third-order valence-corrected chi connectivity index (χ3v) is 5.37. The van der Waals surface area contributed by atoms with E-state index in [-0.39, 0.29) is 30.1 Å². The molecule has 0 radical (unpaired) electrons. The van der Waals surface area contributed by atoms with E-state index in [1.165, 1.54) is 10.6 Å². The molecule has 0 aliphatic carbocycles. The number of hydrogen-bond acceptors (Lipinski definition) is 5. The van der Waals surface area contributed by atoms with E-state index in [9.17, 15) is 4.79 Å². The molecule has 0 saturated carbocycles. The Morgan fingerprint density at radius 3 is 2.44 bits per heavy atom. The van der Waals surface area contributed by atoms with Crippen LogP contribution in [0.15, 0.2) is 4.99 Å². The molecule has 1 amide bonds. The van der Waals surface area contributed by atoms with Crippen molar-refractivity contribution in [3.63, 3.8) is 0 Å². The van der Waals surface area contributed by atoms with Crippen molar-refractivity contribution in [3.05, 3.63) is 15.6 Å². The van der Waals surface area contributed by atoms with Crippen molar-refractivity contribution in [2.24, 2.45) is 4.99 Å². The minimum Gasteiger partial charge on any atom is -0.450 e. The van der Waals surface area contributed by atoms with Crippen LogP contribution < -0.4 is 5.32 Å². The molecule has 1 aromatic heterocycles. The number of aliphatic imine (C=N–C) groups is 1. The predicted molar refractivity (Wildman–Crippen MR) is 121 cm³/mol. The summed E-state index contributed by atoms with van der Waals surface area (Å²) in [5.41, 5.74) is 1.20. The number of nitrogens with one attached hydrogen (secondary N) is 1. The molecule has 0 atom stereocenters. The molecule has 154 valence electrons. The van der Waals surface area contributed by atoms with Crippen LogP contribution in [0.5, 0.6) is 0 Å². The molecule has 0 spiro atoms. The van der Waals surface area contributed by atoms with Crippen molar-refractivity contribution in [1.29, 1.82) is 0 Å². The van der Waals surface area contributed by atoms with Crippen molar-refractivity contribution in [2.75, 3.05) is 45.9 Å². The zero-order valence-corrected chi connectivity index (χ0v) is 19.9. The second-order valence-electron chi connectivity index (χ2n) is 6.12. The van der Waals surface area contributed by atoms with Gasteiger partial charge in [-0.25, -0.2) is 9.78 Å². The third-order valence-electron chi connectivity index (χ3n) is 4.30. The van der Waals surface area contributed by atoms with Crippen molar-refractivity contribution in [1.82, 2.24) is 20.1 Å². The van der Waals surface area contributed by atoms with Crippen LogP contribution in [0, 0.1) is 6.92 Å². The van der Waals surface area contributed by atoms with E-state index in [1.807, 2.05) is 6.92 Å². The smallest absolute Gasteiger partial charge is 0.409 e. The summed E-state index contributed by atoms with van der Waals surface area (Å²) in [5, 5.41) is 4.52. The van der Waals surface area contributed by atoms with E-state index >= 15 is 0 Å². The van der Waals surface area contributed by atoms with E-state index in [0.717, 1.165) is 50.0 Å². The number of guanidine groups is 1. The Morgan fingerprint density at radius 1 is 1.22 bits per heavy atom. The van der Waals surface area contributed by atoms with E-state index < -0.39 is 0 Å². The molecule has 1 aliphatic rings. The minimum absolute atomic E-state index is 0. The summed E-state index contributed by atoms with van der Waals surface area (Å²) in [6, 6.07) is 0. The number of carbonyl (C=O) groups is 1. The van der Waals surface area contributed by atoms with Gasteiger partial charge in [-0.2, -0.15) is 0 Å². The van der Waals surface area contributed by atoms with Gasteiger partial charge in [0.2, 0.25) is 0 Å². The van der Waals surface area contributed by atoms with Gasteiger partial charge >= 0.3 is 6.09 Å². The zero-order chi connectivity index (χ0) is 18.9. The molecule has 9 heteroatoms. The van der Waals surface area contributed by atoms with E-state index in [0.29, 0.717) is 19.7 Å². The highest BCUT2D eigenvalue weighted by molar-refractivity contribution is 14.0. The molecule has 1 fully saturated rings. The largest absolute Gasteiger partial charge is 0.450 e. The second kappa shape index (κ2) is 12.4. The van der Waals surface area contributed by atoms with Crippen molar-refractivity contribution < 1.29 is 9.53 Å². The lowest BCUT2D eigenvalue weighted by molar-refractivity contribution is 0.0914. The average molecular weight is 509 g/mol. The fraction of sp³-hybridized carbons (Fsp3) is 0.722. The molecule has 0 unspecified atom stereocenters. The van der Waals surface area contributed by atoms with Gasteiger partial charge in [0.25, 0.3) is 0 Å². The number of thiazole rings is 1. The van der Waals surface area contributed by atoms with Crippen LogP contribution >= 0.6 is 35.3 Å². The van der Waals surface area contributed by atoms with Crippen LogP contribution in [-0.4, -0.2) is 72.7 Å².